The van der Waals surface area contributed by atoms with Crippen molar-refractivity contribution in [1.29, 1.82) is 0 Å². The van der Waals surface area contributed by atoms with E-state index in [1.54, 1.807) is 7.05 Å². The fourth-order valence-electron chi connectivity index (χ4n) is 2.24. The van der Waals surface area contributed by atoms with Crippen LogP contribution in [0.1, 0.15) is 35.6 Å². The van der Waals surface area contributed by atoms with E-state index in [2.05, 4.69) is 53.7 Å². The molecule has 1 atom stereocenters. The molecule has 0 saturated carbocycles. The number of benzene rings is 1. The second-order valence-electron chi connectivity index (χ2n) is 5.55. The molecule has 0 spiro atoms. The van der Waals surface area contributed by atoms with E-state index in [4.69, 9.17) is 4.42 Å². The molecule has 0 aliphatic heterocycles. The third-order valence-electron chi connectivity index (χ3n) is 3.59. The number of furan rings is 1. The van der Waals surface area contributed by atoms with Crippen LogP contribution in [-0.4, -0.2) is 19.6 Å². The van der Waals surface area contributed by atoms with Gasteiger partial charge in [-0.3, -0.25) is 4.99 Å². The molecule has 2 aromatic rings. The topological polar surface area (TPSA) is 49.6 Å². The molecule has 4 nitrogen and oxygen atoms in total. The highest BCUT2D eigenvalue weighted by Crippen LogP contribution is 2.15. The normalized spacial score (nSPS) is 12.4. The molecule has 0 aliphatic rings. The van der Waals surface area contributed by atoms with Crippen LogP contribution < -0.4 is 10.6 Å². The number of guanidine groups is 1. The summed E-state index contributed by atoms with van der Waals surface area (Å²) in [5.41, 5.74) is 2.61. The van der Waals surface area contributed by atoms with Gasteiger partial charge in [-0.1, -0.05) is 29.8 Å². The van der Waals surface area contributed by atoms with E-state index in [1.165, 1.54) is 11.1 Å². The highest BCUT2D eigenvalue weighted by atomic mass is 127. The highest BCUT2D eigenvalue weighted by molar-refractivity contribution is 14.0. The van der Waals surface area contributed by atoms with Gasteiger partial charge in [-0.15, -0.1) is 24.0 Å². The zero-order valence-electron chi connectivity index (χ0n) is 14.2. The lowest BCUT2D eigenvalue weighted by Gasteiger charge is -2.16. The highest BCUT2D eigenvalue weighted by Gasteiger charge is 2.10. The molecule has 2 rings (SSSR count). The van der Waals surface area contributed by atoms with Gasteiger partial charge < -0.3 is 15.1 Å². The minimum Gasteiger partial charge on any atom is -0.464 e. The third kappa shape index (κ3) is 6.25. The van der Waals surface area contributed by atoms with Crippen LogP contribution in [0.15, 0.2) is 45.8 Å². The molecule has 0 bridgehead atoms. The van der Waals surface area contributed by atoms with Gasteiger partial charge in [0.2, 0.25) is 0 Å². The molecule has 23 heavy (non-hydrogen) atoms. The molecule has 1 aromatic heterocycles. The molecule has 0 amide bonds. The van der Waals surface area contributed by atoms with Gasteiger partial charge in [0, 0.05) is 13.6 Å². The number of nitrogens with one attached hydrogen (secondary N) is 2. The lowest BCUT2D eigenvalue weighted by Crippen LogP contribution is -2.39. The average molecular weight is 427 g/mol. The standard InChI is InChI=1S/C18H25N3O.HI/c1-13-5-8-16(9-6-13)11-12-20-18(19-4)21-15(3)17-10-7-14(2)22-17;/h5-10,15H,11-12H2,1-4H3,(H2,19,20,21);1H. The van der Waals surface area contributed by atoms with Crippen molar-refractivity contribution >= 4 is 29.9 Å². The number of hydrogen-bond acceptors (Lipinski definition) is 2. The summed E-state index contributed by atoms with van der Waals surface area (Å²) in [6.07, 6.45) is 0.967. The molecule has 0 aliphatic carbocycles. The zero-order valence-corrected chi connectivity index (χ0v) is 16.5. The van der Waals surface area contributed by atoms with E-state index < -0.39 is 0 Å². The van der Waals surface area contributed by atoms with Crippen LogP contribution in [0.2, 0.25) is 0 Å². The van der Waals surface area contributed by atoms with Crippen molar-refractivity contribution in [3.63, 3.8) is 0 Å². The molecule has 2 N–H and O–H groups in total. The lowest BCUT2D eigenvalue weighted by molar-refractivity contribution is 0.441. The maximum Gasteiger partial charge on any atom is 0.191 e. The van der Waals surface area contributed by atoms with Crippen LogP contribution >= 0.6 is 24.0 Å². The monoisotopic (exact) mass is 427 g/mol. The van der Waals surface area contributed by atoms with E-state index >= 15 is 0 Å². The largest absolute Gasteiger partial charge is 0.464 e. The summed E-state index contributed by atoms with van der Waals surface area (Å²) >= 11 is 0. The van der Waals surface area contributed by atoms with Crippen LogP contribution in [0, 0.1) is 13.8 Å². The molecule has 126 valence electrons. The number of halogens is 1. The summed E-state index contributed by atoms with van der Waals surface area (Å²) in [6.45, 7) is 6.95. The van der Waals surface area contributed by atoms with E-state index in [0.29, 0.717) is 0 Å². The Bertz CT molecular complexity index is 619. The van der Waals surface area contributed by atoms with Crippen LogP contribution in [0.25, 0.3) is 0 Å². The van der Waals surface area contributed by atoms with Crippen molar-refractivity contribution in [3.8, 4) is 0 Å². The van der Waals surface area contributed by atoms with E-state index in [0.717, 1.165) is 30.4 Å². The Kier molecular flexibility index (Phi) is 8.16. The van der Waals surface area contributed by atoms with Crippen LogP contribution in [0.3, 0.4) is 0 Å². The van der Waals surface area contributed by atoms with Crippen LogP contribution in [0.4, 0.5) is 0 Å². The molecular formula is C18H26IN3O. The van der Waals surface area contributed by atoms with Crippen molar-refractivity contribution in [2.24, 2.45) is 4.99 Å². The first-order valence-electron chi connectivity index (χ1n) is 7.67. The number of rotatable bonds is 5. The molecule has 1 heterocycles. The number of nitrogens with zero attached hydrogens (tertiary/aromatic N) is 1. The second kappa shape index (κ2) is 9.60. The van der Waals surface area contributed by atoms with Gasteiger partial charge in [0.1, 0.15) is 11.5 Å². The first kappa shape index (κ1) is 19.5. The smallest absolute Gasteiger partial charge is 0.191 e. The quantitative estimate of drug-likeness (QED) is 0.431. The van der Waals surface area contributed by atoms with Gasteiger partial charge in [-0.2, -0.15) is 0 Å². The van der Waals surface area contributed by atoms with Gasteiger partial charge in [-0.25, -0.2) is 0 Å². The lowest BCUT2D eigenvalue weighted by atomic mass is 10.1. The van der Waals surface area contributed by atoms with E-state index in [1.807, 2.05) is 19.1 Å². The summed E-state index contributed by atoms with van der Waals surface area (Å²) in [5, 5.41) is 6.67. The van der Waals surface area contributed by atoms with Crippen molar-refractivity contribution < 1.29 is 4.42 Å². The molecule has 0 fully saturated rings. The number of aryl methyl sites for hydroxylation is 2. The van der Waals surface area contributed by atoms with Crippen LogP contribution in [-0.2, 0) is 6.42 Å². The predicted octanol–water partition coefficient (Wildman–Crippen LogP) is 3.98. The molecule has 0 saturated heterocycles. The maximum atomic E-state index is 5.63. The van der Waals surface area contributed by atoms with Gasteiger partial charge in [-0.05, 0) is 44.9 Å². The second-order valence-corrected chi connectivity index (χ2v) is 5.55. The zero-order chi connectivity index (χ0) is 15.9. The third-order valence-corrected chi connectivity index (χ3v) is 3.59. The molecule has 0 radical (unpaired) electrons. The Morgan fingerprint density at radius 2 is 1.83 bits per heavy atom. The van der Waals surface area contributed by atoms with Gasteiger partial charge in [0.05, 0.1) is 6.04 Å². The Balaban J connectivity index is 0.00000264. The molecule has 1 aromatic carbocycles. The Morgan fingerprint density at radius 1 is 1.13 bits per heavy atom. The minimum absolute atomic E-state index is 0. The Hall–Kier alpha value is -1.50. The predicted molar refractivity (Wildman–Crippen MR) is 107 cm³/mol. The fourth-order valence-corrected chi connectivity index (χ4v) is 2.24. The Labute approximate surface area is 155 Å². The molecular weight excluding hydrogens is 401 g/mol. The van der Waals surface area contributed by atoms with Crippen LogP contribution in [0.5, 0.6) is 0 Å². The van der Waals surface area contributed by atoms with Crippen molar-refractivity contribution in [1.82, 2.24) is 10.6 Å². The Morgan fingerprint density at radius 3 is 2.39 bits per heavy atom. The average Bonchev–Trinajstić information content (AvgIpc) is 2.95. The van der Waals surface area contributed by atoms with Gasteiger partial charge in [0.15, 0.2) is 5.96 Å². The minimum atomic E-state index is 0. The first-order chi connectivity index (χ1) is 10.6. The summed E-state index contributed by atoms with van der Waals surface area (Å²) in [5.74, 6) is 2.62. The molecule has 5 heteroatoms. The summed E-state index contributed by atoms with van der Waals surface area (Å²) in [7, 11) is 1.78. The van der Waals surface area contributed by atoms with Gasteiger partial charge in [0.25, 0.3) is 0 Å². The molecule has 1 unspecified atom stereocenters. The van der Waals surface area contributed by atoms with Crippen molar-refractivity contribution in [3.05, 3.63) is 59.0 Å². The van der Waals surface area contributed by atoms with E-state index in [9.17, 15) is 0 Å². The first-order valence-corrected chi connectivity index (χ1v) is 7.67. The summed E-state index contributed by atoms with van der Waals surface area (Å²) in [4.78, 5) is 4.26. The number of aliphatic imine (C=N–C) groups is 1. The summed E-state index contributed by atoms with van der Waals surface area (Å²) < 4.78 is 5.63. The summed E-state index contributed by atoms with van der Waals surface area (Å²) in [6, 6.07) is 12.7. The van der Waals surface area contributed by atoms with E-state index in [-0.39, 0.29) is 30.0 Å². The fraction of sp³-hybridized carbons (Fsp3) is 0.389. The number of hydrogen-bond donors (Lipinski definition) is 2. The SMILES string of the molecule is CN=C(NCCc1ccc(C)cc1)NC(C)c1ccc(C)o1.I. The maximum absolute atomic E-state index is 5.63. The van der Waals surface area contributed by atoms with Crippen molar-refractivity contribution in [2.45, 2.75) is 33.2 Å². The van der Waals surface area contributed by atoms with Gasteiger partial charge >= 0.3 is 0 Å². The van der Waals surface area contributed by atoms with Crippen molar-refractivity contribution in [2.75, 3.05) is 13.6 Å².